The average Bonchev–Trinajstić information content (AvgIpc) is 3.51. The number of hydrogen-bond donors (Lipinski definition) is 3. The van der Waals surface area contributed by atoms with Crippen LogP contribution in [0.25, 0.3) is 10.5 Å². The van der Waals surface area contributed by atoms with Crippen LogP contribution < -0.4 is 19.7 Å². The van der Waals surface area contributed by atoms with Crippen LogP contribution in [0, 0.1) is 5.92 Å². The summed E-state index contributed by atoms with van der Waals surface area (Å²) in [6.45, 7) is 2.82. The summed E-state index contributed by atoms with van der Waals surface area (Å²) < 4.78 is 32.8. The molecule has 0 unspecified atom stereocenters. The molecule has 3 N–H and O–H groups in total. The topological polar surface area (TPSA) is 175 Å². The molecule has 43 heavy (non-hydrogen) atoms. The number of anilines is 1. The summed E-state index contributed by atoms with van der Waals surface area (Å²) in [6.07, 6.45) is 2.55. The third-order valence-electron chi connectivity index (χ3n) is 6.35. The Hall–Kier alpha value is -2.96. The summed E-state index contributed by atoms with van der Waals surface area (Å²) in [6, 6.07) is 7.63. The zero-order valence-electron chi connectivity index (χ0n) is 22.9. The number of thiazole rings is 1. The van der Waals surface area contributed by atoms with E-state index in [-0.39, 0.29) is 36.5 Å². The smallest absolute Gasteiger partial charge is 0.323 e. The number of benzene rings is 1. The number of carboxylic acids is 2. The van der Waals surface area contributed by atoms with E-state index in [9.17, 15) is 37.8 Å². The first kappa shape index (κ1) is 32.9. The van der Waals surface area contributed by atoms with Gasteiger partial charge in [-0.3, -0.25) is 33.2 Å². The first-order chi connectivity index (χ1) is 20.2. The van der Waals surface area contributed by atoms with Gasteiger partial charge in [0.1, 0.15) is 27.0 Å². The number of carbonyl (C=O) groups is 3. The number of aromatic nitrogens is 1. The van der Waals surface area contributed by atoms with Crippen LogP contribution in [0.5, 0.6) is 0 Å². The quantitative estimate of drug-likeness (QED) is 0.178. The summed E-state index contributed by atoms with van der Waals surface area (Å²) in [5, 5.41) is 19.5. The third kappa shape index (κ3) is 7.58. The van der Waals surface area contributed by atoms with Crippen molar-refractivity contribution in [3.8, 4) is 0 Å². The lowest BCUT2D eigenvalue weighted by Crippen LogP contribution is -2.37. The van der Waals surface area contributed by atoms with Gasteiger partial charge in [-0.2, -0.15) is 8.42 Å². The molecule has 230 valence electrons. The molecule has 1 aromatic heterocycles. The van der Waals surface area contributed by atoms with E-state index in [0.29, 0.717) is 18.5 Å². The van der Waals surface area contributed by atoms with E-state index >= 15 is 0 Å². The van der Waals surface area contributed by atoms with Crippen LogP contribution in [0.4, 0.5) is 5.69 Å². The number of unbranched alkanes of at least 4 members (excludes halogenated alkanes) is 1. The van der Waals surface area contributed by atoms with Gasteiger partial charge in [0.25, 0.3) is 21.6 Å². The minimum Gasteiger partial charge on any atom is -0.480 e. The average molecular weight is 686 g/mol. The van der Waals surface area contributed by atoms with Crippen molar-refractivity contribution in [2.75, 3.05) is 23.7 Å². The number of hydrogen-bond acceptors (Lipinski definition) is 11. The SMILES string of the molecule is CC(C)C(C=C1Sc2ccccc2N1CCCCS(=O)(=O)O)=c1sc(=C2SC(=S)N(CC(=O)O)C2=O)n(CC(=O)O)c1=O. The van der Waals surface area contributed by atoms with Crippen molar-refractivity contribution in [3.63, 3.8) is 0 Å². The highest BCUT2D eigenvalue weighted by Gasteiger charge is 2.35. The van der Waals surface area contributed by atoms with Gasteiger partial charge in [0.15, 0.2) is 0 Å². The number of thiocarbonyl (C=S) groups is 1. The highest BCUT2D eigenvalue weighted by molar-refractivity contribution is 8.30. The lowest BCUT2D eigenvalue weighted by Gasteiger charge is -2.21. The Labute approximate surface area is 264 Å². The van der Waals surface area contributed by atoms with Gasteiger partial charge in [-0.15, -0.1) is 11.3 Å². The molecule has 2 aliphatic heterocycles. The number of thioether (sulfide) groups is 2. The second-order valence-corrected chi connectivity index (χ2v) is 15.1. The van der Waals surface area contributed by atoms with Gasteiger partial charge >= 0.3 is 11.9 Å². The second-order valence-electron chi connectivity index (χ2n) is 9.81. The van der Waals surface area contributed by atoms with Crippen LogP contribution in [0.2, 0.25) is 0 Å². The molecule has 0 saturated carbocycles. The van der Waals surface area contributed by atoms with Gasteiger partial charge in [0, 0.05) is 11.4 Å². The van der Waals surface area contributed by atoms with Crippen molar-refractivity contribution >= 4 is 95.5 Å². The Balaban J connectivity index is 1.88. The van der Waals surface area contributed by atoms with Gasteiger partial charge in [0.2, 0.25) is 0 Å². The lowest BCUT2D eigenvalue weighted by molar-refractivity contribution is -0.140. The van der Waals surface area contributed by atoms with E-state index in [4.69, 9.17) is 16.8 Å². The maximum Gasteiger partial charge on any atom is 0.323 e. The number of nitrogens with zero attached hydrogens (tertiary/aromatic N) is 3. The maximum absolute atomic E-state index is 13.7. The molecule has 0 bridgehead atoms. The molecule has 4 rings (SSSR count). The normalized spacial score (nSPS) is 18.2. The molecule has 3 heterocycles. The molecule has 1 amide bonds. The Morgan fingerprint density at radius 2 is 1.70 bits per heavy atom. The molecule has 0 aliphatic carbocycles. The van der Waals surface area contributed by atoms with E-state index in [1.165, 1.54) is 11.8 Å². The minimum absolute atomic E-state index is 0.00776. The molecule has 1 fully saturated rings. The van der Waals surface area contributed by atoms with Gasteiger partial charge in [0.05, 0.1) is 21.0 Å². The highest BCUT2D eigenvalue weighted by atomic mass is 32.2. The van der Waals surface area contributed by atoms with E-state index in [1.54, 1.807) is 0 Å². The van der Waals surface area contributed by atoms with Crippen LogP contribution in [0.15, 0.2) is 45.1 Å². The van der Waals surface area contributed by atoms with Gasteiger partial charge < -0.3 is 15.1 Å². The lowest BCUT2D eigenvalue weighted by atomic mass is 10.0. The summed E-state index contributed by atoms with van der Waals surface area (Å²) in [5.74, 6) is -3.85. The Morgan fingerprint density at radius 3 is 2.33 bits per heavy atom. The van der Waals surface area contributed by atoms with Crippen LogP contribution in [-0.4, -0.2) is 73.7 Å². The molecule has 12 nitrogen and oxygen atoms in total. The van der Waals surface area contributed by atoms with Crippen molar-refractivity contribution < 1.29 is 37.6 Å². The molecular weight excluding hydrogens is 659 g/mol. The molecular formula is C26H27N3O9S5. The van der Waals surface area contributed by atoms with Crippen LogP contribution >= 0.6 is 47.1 Å². The second kappa shape index (κ2) is 13.4. The number of carbonyl (C=O) groups excluding carboxylic acids is 1. The fourth-order valence-corrected chi connectivity index (χ4v) is 8.84. The molecule has 1 aromatic carbocycles. The van der Waals surface area contributed by atoms with Crippen LogP contribution in [0.1, 0.15) is 26.7 Å². The molecule has 2 aliphatic rings. The van der Waals surface area contributed by atoms with Crippen molar-refractivity contribution in [3.05, 3.63) is 54.9 Å². The van der Waals surface area contributed by atoms with E-state index in [2.05, 4.69) is 0 Å². The number of para-hydroxylation sites is 1. The first-order valence-electron chi connectivity index (χ1n) is 12.8. The van der Waals surface area contributed by atoms with Crippen molar-refractivity contribution in [2.24, 2.45) is 5.92 Å². The molecule has 0 spiro atoms. The van der Waals surface area contributed by atoms with E-state index in [1.807, 2.05) is 49.1 Å². The Bertz CT molecular complexity index is 1830. The maximum atomic E-state index is 13.7. The van der Waals surface area contributed by atoms with E-state index in [0.717, 1.165) is 48.2 Å². The number of rotatable bonds is 11. The molecule has 2 aromatic rings. The number of fused-ring (bicyclic) bond motifs is 1. The van der Waals surface area contributed by atoms with Gasteiger partial charge in [-0.05, 0) is 42.5 Å². The summed E-state index contributed by atoms with van der Waals surface area (Å²) in [7, 11) is -4.09. The summed E-state index contributed by atoms with van der Waals surface area (Å²) >= 11 is 8.43. The van der Waals surface area contributed by atoms with Gasteiger partial charge in [-0.25, -0.2) is 0 Å². The molecule has 1 saturated heterocycles. The zero-order valence-corrected chi connectivity index (χ0v) is 27.0. The molecule has 0 atom stereocenters. The molecule has 17 heteroatoms. The number of allylic oxidation sites excluding steroid dienone is 1. The number of amides is 1. The highest BCUT2D eigenvalue weighted by Crippen LogP contribution is 2.46. The number of aliphatic carboxylic acids is 2. The number of carboxylic acid groups (broad SMARTS) is 2. The summed E-state index contributed by atoms with van der Waals surface area (Å²) in [4.78, 5) is 53.7. The standard InChI is InChI=1S/C26H27N3O9S5/c1-14(2)15(11-18-27(9-5-6-10-43(36,37)38)16-7-3-4-8-17(16)40-18)21-23(34)28(12-19(30)31)25(41-21)22-24(35)29(13-20(32)33)26(39)42-22/h3-4,7-8,11,14H,5-6,9-10,12-13H2,1-2H3,(H,30,31)(H,32,33)(H,36,37,38). The van der Waals surface area contributed by atoms with Crippen LogP contribution in [0.3, 0.4) is 0 Å². The monoisotopic (exact) mass is 685 g/mol. The predicted octanol–water partition coefficient (Wildman–Crippen LogP) is 1.98. The largest absolute Gasteiger partial charge is 0.480 e. The molecule has 0 radical (unpaired) electrons. The van der Waals surface area contributed by atoms with Crippen molar-refractivity contribution in [1.82, 2.24) is 9.47 Å². The fraction of sp³-hybridized carbons (Fsp3) is 0.346. The minimum atomic E-state index is -4.09. The van der Waals surface area contributed by atoms with Gasteiger partial charge in [-0.1, -0.05) is 61.7 Å². The van der Waals surface area contributed by atoms with Crippen molar-refractivity contribution in [2.45, 2.75) is 38.1 Å². The zero-order chi connectivity index (χ0) is 31.6. The van der Waals surface area contributed by atoms with Crippen LogP contribution in [-0.2, 0) is 31.0 Å². The summed E-state index contributed by atoms with van der Waals surface area (Å²) in [5.41, 5.74) is 0.894. The van der Waals surface area contributed by atoms with E-state index < -0.39 is 46.6 Å². The first-order valence-corrected chi connectivity index (χ1v) is 17.3. The fourth-order valence-electron chi connectivity index (χ4n) is 4.41. The van der Waals surface area contributed by atoms with Crippen molar-refractivity contribution in [1.29, 1.82) is 0 Å². The third-order valence-corrected chi connectivity index (χ3v) is 11.1. The Morgan fingerprint density at radius 1 is 1.02 bits per heavy atom. The predicted molar refractivity (Wildman–Crippen MR) is 170 cm³/mol. The Kier molecular flexibility index (Phi) is 10.2.